The molecule has 112 valence electrons. The summed E-state index contributed by atoms with van der Waals surface area (Å²) in [4.78, 5) is 24.2. The number of nitrogens with one attached hydrogen (secondary N) is 1. The van der Waals surface area contributed by atoms with E-state index < -0.39 is 10.8 Å². The SMILES string of the molecule is O=C(c1[nH]ncc1[N+](=O)[O-])N1CC=C(c2ccccc2)CC1. The first-order chi connectivity index (χ1) is 10.7. The van der Waals surface area contributed by atoms with E-state index in [1.165, 1.54) is 5.57 Å². The number of hydrogen-bond acceptors (Lipinski definition) is 4. The normalized spacial score (nSPS) is 14.5. The van der Waals surface area contributed by atoms with Crippen LogP contribution in [-0.2, 0) is 0 Å². The van der Waals surface area contributed by atoms with Crippen LogP contribution in [0.3, 0.4) is 0 Å². The Kier molecular flexibility index (Phi) is 3.69. The average molecular weight is 298 g/mol. The lowest BCUT2D eigenvalue weighted by molar-refractivity contribution is -0.385. The zero-order valence-corrected chi connectivity index (χ0v) is 11.7. The van der Waals surface area contributed by atoms with Gasteiger partial charge in [-0.05, 0) is 17.6 Å². The Hall–Kier alpha value is -2.96. The van der Waals surface area contributed by atoms with Gasteiger partial charge in [0.05, 0.1) is 4.92 Å². The second-order valence-electron chi connectivity index (χ2n) is 4.98. The number of aromatic amines is 1. The van der Waals surface area contributed by atoms with E-state index in [1.807, 2.05) is 36.4 Å². The van der Waals surface area contributed by atoms with Crippen molar-refractivity contribution in [3.63, 3.8) is 0 Å². The highest BCUT2D eigenvalue weighted by atomic mass is 16.6. The van der Waals surface area contributed by atoms with Crippen molar-refractivity contribution in [3.8, 4) is 0 Å². The molecule has 0 saturated carbocycles. The Labute approximate surface area is 126 Å². The number of carbonyl (C=O) groups excluding carboxylic acids is 1. The maximum absolute atomic E-state index is 12.4. The zero-order chi connectivity index (χ0) is 15.5. The maximum Gasteiger partial charge on any atom is 0.319 e. The molecule has 1 aromatic heterocycles. The number of benzene rings is 1. The summed E-state index contributed by atoms with van der Waals surface area (Å²) in [6.07, 6.45) is 3.76. The molecule has 1 aliphatic heterocycles. The van der Waals surface area contributed by atoms with Gasteiger partial charge >= 0.3 is 5.69 Å². The van der Waals surface area contributed by atoms with E-state index in [2.05, 4.69) is 10.2 Å². The Bertz CT molecular complexity index is 736. The molecule has 0 spiro atoms. The fourth-order valence-corrected chi connectivity index (χ4v) is 2.50. The van der Waals surface area contributed by atoms with Gasteiger partial charge in [-0.2, -0.15) is 5.10 Å². The molecule has 0 aliphatic carbocycles. The predicted molar refractivity (Wildman–Crippen MR) is 80.2 cm³/mol. The van der Waals surface area contributed by atoms with E-state index in [0.717, 1.165) is 18.2 Å². The number of hydrogen-bond donors (Lipinski definition) is 1. The summed E-state index contributed by atoms with van der Waals surface area (Å²) < 4.78 is 0. The van der Waals surface area contributed by atoms with Crippen molar-refractivity contribution in [3.05, 3.63) is 64.0 Å². The van der Waals surface area contributed by atoms with Crippen LogP contribution in [0.1, 0.15) is 22.5 Å². The lowest BCUT2D eigenvalue weighted by atomic mass is 9.99. The van der Waals surface area contributed by atoms with E-state index in [-0.39, 0.29) is 11.4 Å². The van der Waals surface area contributed by atoms with Crippen LogP contribution in [0.2, 0.25) is 0 Å². The van der Waals surface area contributed by atoms with Crippen LogP contribution in [0.25, 0.3) is 5.57 Å². The third-order valence-corrected chi connectivity index (χ3v) is 3.67. The molecule has 0 saturated heterocycles. The third kappa shape index (κ3) is 2.60. The minimum absolute atomic E-state index is 0.0680. The van der Waals surface area contributed by atoms with E-state index in [9.17, 15) is 14.9 Å². The van der Waals surface area contributed by atoms with Crippen LogP contribution >= 0.6 is 0 Å². The van der Waals surface area contributed by atoms with Crippen LogP contribution in [0.4, 0.5) is 5.69 Å². The summed E-state index contributed by atoms with van der Waals surface area (Å²) in [7, 11) is 0. The van der Waals surface area contributed by atoms with Crippen LogP contribution in [0, 0.1) is 10.1 Å². The molecule has 0 unspecified atom stereocenters. The first-order valence-corrected chi connectivity index (χ1v) is 6.88. The standard InChI is InChI=1S/C15H14N4O3/c20-15(14-13(19(21)22)10-16-17-14)18-8-6-12(7-9-18)11-4-2-1-3-5-11/h1-6,10H,7-9H2,(H,16,17). The average Bonchev–Trinajstić information content (AvgIpc) is 3.05. The Morgan fingerprint density at radius 3 is 2.73 bits per heavy atom. The van der Waals surface area contributed by atoms with Gasteiger partial charge in [0.2, 0.25) is 5.69 Å². The van der Waals surface area contributed by atoms with E-state index in [1.54, 1.807) is 4.90 Å². The van der Waals surface area contributed by atoms with E-state index in [0.29, 0.717) is 13.1 Å². The number of amides is 1. The van der Waals surface area contributed by atoms with Crippen molar-refractivity contribution in [2.24, 2.45) is 0 Å². The molecule has 7 nitrogen and oxygen atoms in total. The number of aromatic nitrogens is 2. The number of nitro groups is 1. The zero-order valence-electron chi connectivity index (χ0n) is 11.7. The maximum atomic E-state index is 12.4. The van der Waals surface area contributed by atoms with Crippen molar-refractivity contribution in [2.45, 2.75) is 6.42 Å². The molecule has 2 heterocycles. The molecule has 0 fully saturated rings. The fraction of sp³-hybridized carbons (Fsp3) is 0.200. The Balaban J connectivity index is 1.76. The molecule has 3 rings (SSSR count). The van der Waals surface area contributed by atoms with Crippen molar-refractivity contribution in [2.75, 3.05) is 13.1 Å². The van der Waals surface area contributed by atoms with E-state index >= 15 is 0 Å². The molecule has 1 aromatic carbocycles. The summed E-state index contributed by atoms with van der Waals surface area (Å²) in [5, 5.41) is 16.9. The molecule has 2 aromatic rings. The van der Waals surface area contributed by atoms with Crippen LogP contribution in [-0.4, -0.2) is 39.0 Å². The van der Waals surface area contributed by atoms with Crippen LogP contribution < -0.4 is 0 Å². The van der Waals surface area contributed by atoms with Gasteiger partial charge in [0.25, 0.3) is 5.91 Å². The molecule has 0 atom stereocenters. The highest BCUT2D eigenvalue weighted by molar-refractivity contribution is 5.96. The largest absolute Gasteiger partial charge is 0.333 e. The van der Waals surface area contributed by atoms with Crippen molar-refractivity contribution < 1.29 is 9.72 Å². The van der Waals surface area contributed by atoms with E-state index in [4.69, 9.17) is 0 Å². The van der Waals surface area contributed by atoms with Gasteiger partial charge in [-0.3, -0.25) is 20.0 Å². The topological polar surface area (TPSA) is 92.1 Å². The summed E-state index contributed by atoms with van der Waals surface area (Å²) in [6, 6.07) is 9.97. The second kappa shape index (κ2) is 5.80. The summed E-state index contributed by atoms with van der Waals surface area (Å²) in [5.41, 5.74) is 1.97. The molecule has 0 radical (unpaired) electrons. The highest BCUT2D eigenvalue weighted by Gasteiger charge is 2.28. The van der Waals surface area contributed by atoms with Gasteiger partial charge in [-0.25, -0.2) is 0 Å². The lowest BCUT2D eigenvalue weighted by Crippen LogP contribution is -2.35. The molecule has 7 heteroatoms. The predicted octanol–water partition coefficient (Wildman–Crippen LogP) is 2.25. The number of nitrogens with zero attached hydrogens (tertiary/aromatic N) is 3. The summed E-state index contributed by atoms with van der Waals surface area (Å²) in [6.45, 7) is 0.953. The van der Waals surface area contributed by atoms with Gasteiger partial charge in [0, 0.05) is 13.1 Å². The smallest absolute Gasteiger partial charge is 0.319 e. The van der Waals surface area contributed by atoms with Crippen LogP contribution in [0.5, 0.6) is 0 Å². The summed E-state index contributed by atoms with van der Waals surface area (Å²) in [5.74, 6) is -0.396. The Morgan fingerprint density at radius 1 is 1.32 bits per heavy atom. The van der Waals surface area contributed by atoms with Gasteiger partial charge < -0.3 is 4.90 Å². The molecule has 1 N–H and O–H groups in total. The van der Waals surface area contributed by atoms with Crippen LogP contribution in [0.15, 0.2) is 42.6 Å². The monoisotopic (exact) mass is 298 g/mol. The summed E-state index contributed by atoms with van der Waals surface area (Å²) >= 11 is 0. The van der Waals surface area contributed by atoms with Gasteiger partial charge in [0.1, 0.15) is 6.20 Å². The Morgan fingerprint density at radius 2 is 2.09 bits per heavy atom. The number of carbonyl (C=O) groups is 1. The highest BCUT2D eigenvalue weighted by Crippen LogP contribution is 2.24. The first kappa shape index (κ1) is 14.0. The molecule has 1 amide bonds. The van der Waals surface area contributed by atoms with Crippen molar-refractivity contribution in [1.29, 1.82) is 0 Å². The fourth-order valence-electron chi connectivity index (χ4n) is 2.50. The minimum Gasteiger partial charge on any atom is -0.333 e. The molecule has 1 aliphatic rings. The lowest BCUT2D eigenvalue weighted by Gasteiger charge is -2.26. The van der Waals surface area contributed by atoms with Crippen molar-refractivity contribution >= 4 is 17.2 Å². The second-order valence-corrected chi connectivity index (χ2v) is 4.98. The first-order valence-electron chi connectivity index (χ1n) is 6.88. The minimum atomic E-state index is -0.605. The van der Waals surface area contributed by atoms with Crippen molar-refractivity contribution in [1.82, 2.24) is 15.1 Å². The molecule has 0 bridgehead atoms. The number of rotatable bonds is 3. The van der Waals surface area contributed by atoms with Gasteiger partial charge in [-0.15, -0.1) is 0 Å². The van der Waals surface area contributed by atoms with Gasteiger partial charge in [0.15, 0.2) is 0 Å². The molecular formula is C15H14N4O3. The number of H-pyrrole nitrogens is 1. The molecule has 22 heavy (non-hydrogen) atoms. The van der Waals surface area contributed by atoms with Gasteiger partial charge in [-0.1, -0.05) is 36.4 Å². The quantitative estimate of drug-likeness (QED) is 0.694. The third-order valence-electron chi connectivity index (χ3n) is 3.67. The molecular weight excluding hydrogens is 284 g/mol.